The van der Waals surface area contributed by atoms with Crippen LogP contribution in [0.4, 0.5) is 11.6 Å². The van der Waals surface area contributed by atoms with Crippen LogP contribution >= 0.6 is 11.8 Å². The molecule has 6 heteroatoms. The molecule has 5 nitrogen and oxygen atoms in total. The summed E-state index contributed by atoms with van der Waals surface area (Å²) in [6.45, 7) is 5.75. The summed E-state index contributed by atoms with van der Waals surface area (Å²) in [4.78, 5) is 8.89. The second-order valence-corrected chi connectivity index (χ2v) is 5.01. The van der Waals surface area contributed by atoms with Crippen molar-refractivity contribution in [2.75, 3.05) is 37.2 Å². The topological polar surface area (TPSA) is 59.1 Å². The third kappa shape index (κ3) is 5.65. The van der Waals surface area contributed by atoms with Crippen LogP contribution in [0.2, 0.25) is 0 Å². The minimum Gasteiger partial charge on any atom is -0.383 e. The maximum atomic E-state index is 5.24. The molecular weight excluding hydrogens is 260 g/mol. The molecule has 0 saturated carbocycles. The van der Waals surface area contributed by atoms with Gasteiger partial charge in [0.2, 0.25) is 0 Å². The third-order valence-electron chi connectivity index (χ3n) is 2.60. The van der Waals surface area contributed by atoms with Gasteiger partial charge in [-0.15, -0.1) is 0 Å². The van der Waals surface area contributed by atoms with Gasteiger partial charge in [0.05, 0.1) is 12.6 Å². The van der Waals surface area contributed by atoms with Crippen LogP contribution in [0.1, 0.15) is 26.7 Å². The Labute approximate surface area is 119 Å². The lowest BCUT2D eigenvalue weighted by atomic mass is 10.2. The maximum absolute atomic E-state index is 5.24. The van der Waals surface area contributed by atoms with Gasteiger partial charge in [-0.05, 0) is 19.6 Å². The Balaban J connectivity index is 2.81. The van der Waals surface area contributed by atoms with Crippen molar-refractivity contribution in [3.8, 4) is 0 Å². The highest BCUT2D eigenvalue weighted by Crippen LogP contribution is 2.18. The van der Waals surface area contributed by atoms with E-state index in [2.05, 4.69) is 34.4 Å². The molecule has 0 fully saturated rings. The second-order valence-electron chi connectivity index (χ2n) is 4.24. The molecule has 0 radical (unpaired) electrons. The van der Waals surface area contributed by atoms with Gasteiger partial charge in [-0.1, -0.05) is 25.1 Å². The number of aromatic nitrogens is 2. The molecule has 0 aliphatic heterocycles. The molecule has 0 bridgehead atoms. The summed E-state index contributed by atoms with van der Waals surface area (Å²) in [5.41, 5.74) is 0. The summed E-state index contributed by atoms with van der Waals surface area (Å²) in [6.07, 6.45) is 4.15. The smallest absolute Gasteiger partial charge is 0.191 e. The molecular formula is C13H24N4OS. The van der Waals surface area contributed by atoms with Gasteiger partial charge in [0.25, 0.3) is 0 Å². The van der Waals surface area contributed by atoms with E-state index in [0.717, 1.165) is 36.2 Å². The predicted octanol–water partition coefficient (Wildman–Crippen LogP) is 2.86. The fourth-order valence-corrected chi connectivity index (χ4v) is 2.20. The SMILES string of the molecule is CCCC(COC)Nc1cc(NCC)nc(SC)n1. The molecule has 108 valence electrons. The quantitative estimate of drug-likeness (QED) is 0.537. The number of thioether (sulfide) groups is 1. The fourth-order valence-electron chi connectivity index (χ4n) is 1.82. The van der Waals surface area contributed by atoms with Crippen molar-refractivity contribution < 1.29 is 4.74 Å². The second kappa shape index (κ2) is 8.98. The number of anilines is 2. The van der Waals surface area contributed by atoms with Gasteiger partial charge in [0, 0.05) is 19.7 Å². The Bertz CT molecular complexity index is 370. The first-order valence-corrected chi connectivity index (χ1v) is 7.88. The zero-order valence-electron chi connectivity index (χ0n) is 12.2. The van der Waals surface area contributed by atoms with Gasteiger partial charge in [-0.3, -0.25) is 0 Å². The predicted molar refractivity (Wildman–Crippen MR) is 82.2 cm³/mol. The zero-order chi connectivity index (χ0) is 14.1. The van der Waals surface area contributed by atoms with Gasteiger partial charge < -0.3 is 15.4 Å². The Morgan fingerprint density at radius 2 is 2.05 bits per heavy atom. The average Bonchev–Trinajstić information content (AvgIpc) is 2.39. The van der Waals surface area contributed by atoms with Gasteiger partial charge in [0.15, 0.2) is 5.16 Å². The first kappa shape index (κ1) is 16.0. The molecule has 19 heavy (non-hydrogen) atoms. The lowest BCUT2D eigenvalue weighted by Crippen LogP contribution is -2.25. The van der Waals surface area contributed by atoms with Crippen LogP contribution in [-0.2, 0) is 4.74 Å². The van der Waals surface area contributed by atoms with Crippen LogP contribution in [0.5, 0.6) is 0 Å². The highest BCUT2D eigenvalue weighted by Gasteiger charge is 2.10. The number of nitrogens with one attached hydrogen (secondary N) is 2. The molecule has 0 aliphatic rings. The van der Waals surface area contributed by atoms with Crippen molar-refractivity contribution in [3.63, 3.8) is 0 Å². The third-order valence-corrected chi connectivity index (χ3v) is 3.15. The van der Waals surface area contributed by atoms with Gasteiger partial charge in [-0.25, -0.2) is 9.97 Å². The minimum atomic E-state index is 0.286. The average molecular weight is 284 g/mol. The molecule has 1 aromatic rings. The Hall–Kier alpha value is -1.01. The highest BCUT2D eigenvalue weighted by atomic mass is 32.2. The number of nitrogens with zero attached hydrogens (tertiary/aromatic N) is 2. The van der Waals surface area contributed by atoms with Gasteiger partial charge >= 0.3 is 0 Å². The summed E-state index contributed by atoms with van der Waals surface area (Å²) in [5.74, 6) is 1.71. The lowest BCUT2D eigenvalue weighted by Gasteiger charge is -2.18. The number of hydrogen-bond donors (Lipinski definition) is 2. The molecule has 0 aliphatic carbocycles. The van der Waals surface area contributed by atoms with Crippen LogP contribution in [-0.4, -0.2) is 42.5 Å². The molecule has 0 saturated heterocycles. The monoisotopic (exact) mass is 284 g/mol. The van der Waals surface area contributed by atoms with Crippen LogP contribution < -0.4 is 10.6 Å². The van der Waals surface area contributed by atoms with E-state index in [1.807, 2.05) is 12.3 Å². The van der Waals surface area contributed by atoms with Crippen molar-refractivity contribution >= 4 is 23.4 Å². The Morgan fingerprint density at radius 3 is 2.63 bits per heavy atom. The van der Waals surface area contributed by atoms with Crippen LogP contribution in [0.3, 0.4) is 0 Å². The van der Waals surface area contributed by atoms with Crippen LogP contribution in [0, 0.1) is 0 Å². The first-order chi connectivity index (χ1) is 9.23. The summed E-state index contributed by atoms with van der Waals surface area (Å²) in [6, 6.07) is 2.23. The molecule has 2 N–H and O–H groups in total. The molecule has 0 spiro atoms. The number of rotatable bonds is 9. The van der Waals surface area contributed by atoms with E-state index in [4.69, 9.17) is 4.74 Å². The zero-order valence-corrected chi connectivity index (χ0v) is 13.0. The highest BCUT2D eigenvalue weighted by molar-refractivity contribution is 7.98. The summed E-state index contributed by atoms with van der Waals surface area (Å²) in [5, 5.41) is 7.42. The van der Waals surface area contributed by atoms with Crippen molar-refractivity contribution in [2.45, 2.75) is 37.9 Å². The van der Waals surface area contributed by atoms with E-state index in [9.17, 15) is 0 Å². The standard InChI is InChI=1S/C13H24N4OS/c1-5-7-10(9-18-3)15-12-8-11(14-6-2)16-13(17-12)19-4/h8,10H,5-7,9H2,1-4H3,(H2,14,15,16,17). The van der Waals surface area contributed by atoms with Crippen molar-refractivity contribution in [2.24, 2.45) is 0 Å². The molecule has 0 aromatic carbocycles. The van der Waals surface area contributed by atoms with Crippen LogP contribution in [0.15, 0.2) is 11.2 Å². The summed E-state index contributed by atoms with van der Waals surface area (Å²) >= 11 is 1.54. The molecule has 1 aromatic heterocycles. The number of ether oxygens (including phenoxy) is 1. The van der Waals surface area contributed by atoms with E-state index in [1.54, 1.807) is 18.9 Å². The number of hydrogen-bond acceptors (Lipinski definition) is 6. The summed E-state index contributed by atoms with van der Waals surface area (Å²) in [7, 11) is 1.72. The Kier molecular flexibility index (Phi) is 7.59. The van der Waals surface area contributed by atoms with Crippen molar-refractivity contribution in [1.82, 2.24) is 9.97 Å². The minimum absolute atomic E-state index is 0.286. The van der Waals surface area contributed by atoms with Gasteiger partial charge in [0.1, 0.15) is 11.6 Å². The molecule has 1 heterocycles. The normalized spacial score (nSPS) is 12.2. The summed E-state index contributed by atoms with van der Waals surface area (Å²) < 4.78 is 5.24. The lowest BCUT2D eigenvalue weighted by molar-refractivity contribution is 0.182. The molecule has 1 rings (SSSR count). The molecule has 1 unspecified atom stereocenters. The van der Waals surface area contributed by atoms with Crippen molar-refractivity contribution in [1.29, 1.82) is 0 Å². The maximum Gasteiger partial charge on any atom is 0.191 e. The fraction of sp³-hybridized carbons (Fsp3) is 0.692. The van der Waals surface area contributed by atoms with E-state index in [0.29, 0.717) is 6.61 Å². The molecule has 0 amide bonds. The van der Waals surface area contributed by atoms with Crippen LogP contribution in [0.25, 0.3) is 0 Å². The van der Waals surface area contributed by atoms with E-state index in [1.165, 1.54) is 0 Å². The largest absolute Gasteiger partial charge is 0.383 e. The Morgan fingerprint density at radius 1 is 1.32 bits per heavy atom. The molecule has 1 atom stereocenters. The number of methoxy groups -OCH3 is 1. The van der Waals surface area contributed by atoms with E-state index < -0.39 is 0 Å². The van der Waals surface area contributed by atoms with E-state index >= 15 is 0 Å². The van der Waals surface area contributed by atoms with E-state index in [-0.39, 0.29) is 6.04 Å². The van der Waals surface area contributed by atoms with Crippen molar-refractivity contribution in [3.05, 3.63) is 6.07 Å². The first-order valence-electron chi connectivity index (χ1n) is 6.65. The van der Waals surface area contributed by atoms with Gasteiger partial charge in [-0.2, -0.15) is 0 Å².